The normalized spacial score (nSPS) is 14.3. The first kappa shape index (κ1) is 17.3. The van der Waals surface area contributed by atoms with Crippen molar-refractivity contribution in [3.8, 4) is 5.75 Å². The summed E-state index contributed by atoms with van der Waals surface area (Å²) in [6.45, 7) is 0. The largest absolute Gasteiger partial charge is 0.508 e. The fourth-order valence-corrected chi connectivity index (χ4v) is 2.69. The van der Waals surface area contributed by atoms with Gasteiger partial charge in [0.2, 0.25) is 11.6 Å². The lowest BCUT2D eigenvalue weighted by Crippen LogP contribution is -2.42. The Balaban J connectivity index is 1.85. The number of pyridine rings is 1. The Morgan fingerprint density at radius 2 is 1.96 bits per heavy atom. The molecule has 0 saturated carbocycles. The summed E-state index contributed by atoms with van der Waals surface area (Å²) in [5, 5.41) is 12.2. The highest BCUT2D eigenvalue weighted by atomic mass is 16.5. The third kappa shape index (κ3) is 3.46. The number of Topliss-reactive ketones (excluding diaryl/α,β-unsaturated/α-hetero) is 1. The van der Waals surface area contributed by atoms with Crippen molar-refractivity contribution in [2.45, 2.75) is 12.5 Å². The van der Waals surface area contributed by atoms with Crippen molar-refractivity contribution in [3.05, 3.63) is 71.2 Å². The number of nitrogens with one attached hydrogen (secondary N) is 1. The predicted molar refractivity (Wildman–Crippen MR) is 91.7 cm³/mol. The third-order valence-electron chi connectivity index (χ3n) is 4.00. The lowest BCUT2D eigenvalue weighted by atomic mass is 9.96. The first-order valence-corrected chi connectivity index (χ1v) is 7.87. The maximum atomic E-state index is 12.6. The Labute approximate surface area is 149 Å². The lowest BCUT2D eigenvalue weighted by molar-refractivity contribution is -0.142. The van der Waals surface area contributed by atoms with E-state index in [9.17, 15) is 19.5 Å². The van der Waals surface area contributed by atoms with Crippen molar-refractivity contribution in [1.29, 1.82) is 0 Å². The van der Waals surface area contributed by atoms with E-state index in [1.807, 2.05) is 0 Å². The fraction of sp³-hybridized carbons (Fsp3) is 0.158. The van der Waals surface area contributed by atoms with Crippen molar-refractivity contribution >= 4 is 17.5 Å². The standard InChI is InChI=1S/C19H16N2O5/c1-26-19(25)15(9-11-4-6-12(22)7-5-11)21-14-10-16(23)17-13(18(14)24)3-2-8-20-17/h2-8,10,15,21-22H,9H2,1H3/t15-/m0/s1. The number of rotatable bonds is 5. The Bertz CT molecular complexity index is 902. The molecule has 0 radical (unpaired) electrons. The van der Waals surface area contributed by atoms with E-state index < -0.39 is 23.6 Å². The number of fused-ring (bicyclic) bond motifs is 1. The van der Waals surface area contributed by atoms with Crippen LogP contribution in [0.1, 0.15) is 26.4 Å². The summed E-state index contributed by atoms with van der Waals surface area (Å²) in [5.41, 5.74) is 1.06. The number of carbonyl (C=O) groups is 3. The average Bonchev–Trinajstić information content (AvgIpc) is 2.66. The second-order valence-corrected chi connectivity index (χ2v) is 5.74. The van der Waals surface area contributed by atoms with Crippen LogP contribution in [0.5, 0.6) is 5.75 Å². The number of carbonyl (C=O) groups excluding carboxylic acids is 3. The van der Waals surface area contributed by atoms with Gasteiger partial charge in [-0.15, -0.1) is 0 Å². The summed E-state index contributed by atoms with van der Waals surface area (Å²) in [7, 11) is 1.25. The smallest absolute Gasteiger partial charge is 0.328 e. The fourth-order valence-electron chi connectivity index (χ4n) is 2.69. The quantitative estimate of drug-likeness (QED) is 0.784. The predicted octanol–water partition coefficient (Wildman–Crippen LogP) is 1.42. The van der Waals surface area contributed by atoms with E-state index in [4.69, 9.17) is 4.74 Å². The van der Waals surface area contributed by atoms with E-state index in [0.29, 0.717) is 0 Å². The number of aromatic hydroxyl groups is 1. The number of phenols is 1. The number of ether oxygens (including phenoxy) is 1. The average molecular weight is 352 g/mol. The van der Waals surface area contributed by atoms with Crippen molar-refractivity contribution in [1.82, 2.24) is 10.3 Å². The summed E-state index contributed by atoms with van der Waals surface area (Å²) in [4.78, 5) is 40.8. The van der Waals surface area contributed by atoms with Gasteiger partial charge in [-0.25, -0.2) is 4.79 Å². The summed E-state index contributed by atoms with van der Waals surface area (Å²) in [6, 6.07) is 8.54. The summed E-state index contributed by atoms with van der Waals surface area (Å²) in [5.74, 6) is -1.28. The van der Waals surface area contributed by atoms with Gasteiger partial charge in [0.25, 0.3) is 0 Å². The molecule has 2 N–H and O–H groups in total. The number of hydrogen-bond acceptors (Lipinski definition) is 7. The Morgan fingerprint density at radius 3 is 2.65 bits per heavy atom. The summed E-state index contributed by atoms with van der Waals surface area (Å²) >= 11 is 0. The minimum absolute atomic E-state index is 0.0182. The van der Waals surface area contributed by atoms with Gasteiger partial charge in [-0.3, -0.25) is 14.6 Å². The molecule has 0 fully saturated rings. The molecule has 0 aliphatic heterocycles. The minimum Gasteiger partial charge on any atom is -0.508 e. The molecule has 0 saturated heterocycles. The summed E-state index contributed by atoms with van der Waals surface area (Å²) in [6.07, 6.45) is 2.80. The molecule has 1 aliphatic carbocycles. The molecular weight excluding hydrogens is 336 g/mol. The van der Waals surface area contributed by atoms with E-state index in [-0.39, 0.29) is 29.1 Å². The Kier molecular flexibility index (Phi) is 4.79. The zero-order chi connectivity index (χ0) is 18.7. The van der Waals surface area contributed by atoms with Gasteiger partial charge in [0.05, 0.1) is 18.4 Å². The molecule has 0 amide bonds. The molecule has 7 heteroatoms. The second kappa shape index (κ2) is 7.18. The van der Waals surface area contributed by atoms with E-state index in [1.54, 1.807) is 18.2 Å². The number of benzene rings is 1. The van der Waals surface area contributed by atoms with Crippen LogP contribution in [0.4, 0.5) is 0 Å². The lowest BCUT2D eigenvalue weighted by Gasteiger charge is -2.21. The van der Waals surface area contributed by atoms with Crippen LogP contribution in [0.25, 0.3) is 0 Å². The van der Waals surface area contributed by atoms with Crippen LogP contribution in [-0.4, -0.2) is 40.8 Å². The van der Waals surface area contributed by atoms with Gasteiger partial charge in [0, 0.05) is 18.7 Å². The van der Waals surface area contributed by atoms with E-state index >= 15 is 0 Å². The van der Waals surface area contributed by atoms with Crippen molar-refractivity contribution < 1.29 is 24.2 Å². The number of hydrogen-bond donors (Lipinski definition) is 2. The summed E-state index contributed by atoms with van der Waals surface area (Å²) < 4.78 is 4.79. The van der Waals surface area contributed by atoms with Crippen LogP contribution in [0.3, 0.4) is 0 Å². The van der Waals surface area contributed by atoms with Crippen molar-refractivity contribution in [2.75, 3.05) is 7.11 Å². The van der Waals surface area contributed by atoms with Gasteiger partial charge in [0.1, 0.15) is 17.5 Å². The number of ketones is 2. The molecule has 0 unspecified atom stereocenters. The van der Waals surface area contributed by atoms with Crippen molar-refractivity contribution in [2.24, 2.45) is 0 Å². The van der Waals surface area contributed by atoms with Crippen LogP contribution in [0, 0.1) is 0 Å². The van der Waals surface area contributed by atoms with Crippen LogP contribution in [0.2, 0.25) is 0 Å². The molecule has 0 bridgehead atoms. The number of methoxy groups -OCH3 is 1. The zero-order valence-electron chi connectivity index (χ0n) is 13.9. The highest BCUT2D eigenvalue weighted by Crippen LogP contribution is 2.19. The van der Waals surface area contributed by atoms with E-state index in [0.717, 1.165) is 11.6 Å². The topological polar surface area (TPSA) is 106 Å². The van der Waals surface area contributed by atoms with Gasteiger partial charge in [-0.1, -0.05) is 12.1 Å². The molecule has 1 aliphatic rings. The van der Waals surface area contributed by atoms with Gasteiger partial charge < -0.3 is 15.2 Å². The van der Waals surface area contributed by atoms with Crippen LogP contribution >= 0.6 is 0 Å². The minimum atomic E-state index is -0.870. The van der Waals surface area contributed by atoms with Gasteiger partial charge in [-0.2, -0.15) is 0 Å². The molecule has 1 aromatic carbocycles. The zero-order valence-corrected chi connectivity index (χ0v) is 13.9. The molecule has 2 aromatic rings. The highest BCUT2D eigenvalue weighted by Gasteiger charge is 2.30. The third-order valence-corrected chi connectivity index (χ3v) is 4.00. The number of phenolic OH excluding ortho intramolecular Hbond substituents is 1. The molecule has 3 rings (SSSR count). The number of allylic oxidation sites excluding steroid dienone is 2. The van der Waals surface area contributed by atoms with Gasteiger partial charge in [-0.05, 0) is 29.8 Å². The maximum absolute atomic E-state index is 12.6. The first-order chi connectivity index (χ1) is 12.5. The van der Waals surface area contributed by atoms with Crippen LogP contribution in [-0.2, 0) is 16.0 Å². The second-order valence-electron chi connectivity index (χ2n) is 5.74. The molecule has 1 aromatic heterocycles. The SMILES string of the molecule is COC(=O)[C@H](Cc1ccc(O)cc1)NC1=CC(=O)c2ncccc2C1=O. The molecule has 1 heterocycles. The van der Waals surface area contributed by atoms with Gasteiger partial charge >= 0.3 is 5.97 Å². The van der Waals surface area contributed by atoms with Crippen LogP contribution < -0.4 is 5.32 Å². The molecule has 1 atom stereocenters. The Hall–Kier alpha value is -3.48. The molecule has 132 valence electrons. The van der Waals surface area contributed by atoms with Crippen LogP contribution in [0.15, 0.2) is 54.4 Å². The monoisotopic (exact) mass is 352 g/mol. The molecule has 26 heavy (non-hydrogen) atoms. The van der Waals surface area contributed by atoms with E-state index in [1.165, 1.54) is 31.5 Å². The molecule has 7 nitrogen and oxygen atoms in total. The number of nitrogens with zero attached hydrogens (tertiary/aromatic N) is 1. The molecular formula is C19H16N2O5. The van der Waals surface area contributed by atoms with Crippen molar-refractivity contribution in [3.63, 3.8) is 0 Å². The Morgan fingerprint density at radius 1 is 1.23 bits per heavy atom. The number of aromatic nitrogens is 1. The maximum Gasteiger partial charge on any atom is 0.328 e. The first-order valence-electron chi connectivity index (χ1n) is 7.87. The molecule has 0 spiro atoms. The highest BCUT2D eigenvalue weighted by molar-refractivity contribution is 6.23. The number of esters is 1. The van der Waals surface area contributed by atoms with Gasteiger partial charge in [0.15, 0.2) is 0 Å². The van der Waals surface area contributed by atoms with E-state index in [2.05, 4.69) is 10.3 Å².